The number of hydrogen-bond donors (Lipinski definition) is 0. The first-order valence-electron chi connectivity index (χ1n) is 13.2. The fourth-order valence-electron chi connectivity index (χ4n) is 6.75. The standard InChI is InChI=1S/C29H36N4O2/c1-19-15-25(31-28(30-19)29(2)10-12-32(3)13-11-29)27(34)33-22-7-8-23(33)18-20(17-22)16-21-5-4-6-26-24(21)9-14-35-26/h4-6,9,14-15,20,22-23H,7-8,10-13,16-18H2,1-3H3/t22-,23-/m0/s1. The molecule has 0 aliphatic carbocycles. The Morgan fingerprint density at radius 2 is 1.86 bits per heavy atom. The van der Waals surface area contributed by atoms with Crippen molar-refractivity contribution in [2.75, 3.05) is 20.1 Å². The largest absolute Gasteiger partial charge is 0.464 e. The SMILES string of the molecule is Cc1cc(C(=O)N2[C@H]3CC[C@H]2CC(Cc2cccc4occc24)C3)nc(C2(C)CCN(C)CC2)n1. The van der Waals surface area contributed by atoms with Crippen LogP contribution < -0.4 is 0 Å². The molecule has 0 unspecified atom stereocenters. The van der Waals surface area contributed by atoms with E-state index in [1.54, 1.807) is 6.26 Å². The Morgan fingerprint density at radius 3 is 2.60 bits per heavy atom. The number of aromatic nitrogens is 2. The van der Waals surface area contributed by atoms with Crippen LogP contribution in [0.3, 0.4) is 0 Å². The summed E-state index contributed by atoms with van der Waals surface area (Å²) in [6.07, 6.45) is 9.22. The molecule has 6 nitrogen and oxygen atoms in total. The number of carbonyl (C=O) groups excluding carboxylic acids is 1. The van der Waals surface area contributed by atoms with Crippen molar-refractivity contribution < 1.29 is 9.21 Å². The topological polar surface area (TPSA) is 62.5 Å². The highest BCUT2D eigenvalue weighted by Crippen LogP contribution is 2.41. The molecular formula is C29H36N4O2. The zero-order valence-electron chi connectivity index (χ0n) is 21.2. The molecule has 0 radical (unpaired) electrons. The van der Waals surface area contributed by atoms with Crippen molar-refractivity contribution in [3.8, 4) is 0 Å². The fraction of sp³-hybridized carbons (Fsp3) is 0.552. The van der Waals surface area contributed by atoms with Gasteiger partial charge in [-0.05, 0) is 102 Å². The van der Waals surface area contributed by atoms with Crippen molar-refractivity contribution in [2.24, 2.45) is 5.92 Å². The molecule has 0 N–H and O–H groups in total. The normalized spacial score (nSPS) is 26.4. The van der Waals surface area contributed by atoms with Gasteiger partial charge in [-0.1, -0.05) is 19.1 Å². The van der Waals surface area contributed by atoms with Gasteiger partial charge in [0.2, 0.25) is 0 Å². The molecule has 3 aromatic rings. The van der Waals surface area contributed by atoms with Crippen molar-refractivity contribution in [1.82, 2.24) is 19.8 Å². The molecule has 2 bridgehead atoms. The maximum Gasteiger partial charge on any atom is 0.273 e. The molecule has 0 spiro atoms. The summed E-state index contributed by atoms with van der Waals surface area (Å²) in [6, 6.07) is 11.0. The molecule has 35 heavy (non-hydrogen) atoms. The minimum Gasteiger partial charge on any atom is -0.464 e. The van der Waals surface area contributed by atoms with Gasteiger partial charge >= 0.3 is 0 Å². The summed E-state index contributed by atoms with van der Waals surface area (Å²) in [7, 11) is 2.17. The lowest BCUT2D eigenvalue weighted by molar-refractivity contribution is 0.0517. The zero-order valence-corrected chi connectivity index (χ0v) is 21.2. The van der Waals surface area contributed by atoms with E-state index >= 15 is 0 Å². The smallest absolute Gasteiger partial charge is 0.273 e. The molecule has 3 saturated heterocycles. The first-order valence-corrected chi connectivity index (χ1v) is 13.2. The summed E-state index contributed by atoms with van der Waals surface area (Å²) < 4.78 is 5.61. The Morgan fingerprint density at radius 1 is 1.11 bits per heavy atom. The van der Waals surface area contributed by atoms with Gasteiger partial charge in [-0.25, -0.2) is 9.97 Å². The van der Waals surface area contributed by atoms with Crippen molar-refractivity contribution in [1.29, 1.82) is 0 Å². The number of nitrogens with zero attached hydrogens (tertiary/aromatic N) is 4. The molecule has 0 saturated carbocycles. The lowest BCUT2D eigenvalue weighted by atomic mass is 9.79. The van der Waals surface area contributed by atoms with Crippen LogP contribution in [0.2, 0.25) is 0 Å². The number of hydrogen-bond acceptors (Lipinski definition) is 5. The predicted octanol–water partition coefficient (Wildman–Crippen LogP) is 5.14. The molecule has 3 aliphatic rings. The van der Waals surface area contributed by atoms with Crippen molar-refractivity contribution >= 4 is 16.9 Å². The third-order valence-corrected chi connectivity index (χ3v) is 8.86. The Balaban J connectivity index is 1.20. The van der Waals surface area contributed by atoms with E-state index in [2.05, 4.69) is 42.0 Å². The Kier molecular flexibility index (Phi) is 5.67. The van der Waals surface area contributed by atoms with Gasteiger partial charge < -0.3 is 14.2 Å². The summed E-state index contributed by atoms with van der Waals surface area (Å²) >= 11 is 0. The monoisotopic (exact) mass is 472 g/mol. The average molecular weight is 473 g/mol. The molecule has 1 aromatic carbocycles. The molecule has 184 valence electrons. The molecule has 3 aliphatic heterocycles. The van der Waals surface area contributed by atoms with Gasteiger partial charge in [0.25, 0.3) is 5.91 Å². The molecule has 2 aromatic heterocycles. The molecule has 6 heteroatoms. The van der Waals surface area contributed by atoms with Crippen LogP contribution in [0.4, 0.5) is 0 Å². The van der Waals surface area contributed by atoms with Crippen LogP contribution in [0.1, 0.15) is 73.0 Å². The Bertz CT molecular complexity index is 1230. The van der Waals surface area contributed by atoms with Crippen molar-refractivity contribution in [2.45, 2.75) is 76.3 Å². The molecule has 1 amide bonds. The first-order chi connectivity index (χ1) is 16.9. The van der Waals surface area contributed by atoms with E-state index in [0.29, 0.717) is 23.7 Å². The van der Waals surface area contributed by atoms with E-state index in [0.717, 1.165) is 75.1 Å². The van der Waals surface area contributed by atoms with Crippen LogP contribution >= 0.6 is 0 Å². The summed E-state index contributed by atoms with van der Waals surface area (Å²) in [5.74, 6) is 1.55. The van der Waals surface area contributed by atoms with Crippen LogP contribution in [-0.2, 0) is 11.8 Å². The van der Waals surface area contributed by atoms with E-state index in [4.69, 9.17) is 14.4 Å². The summed E-state index contributed by atoms with van der Waals surface area (Å²) in [4.78, 5) is 28.1. The van der Waals surface area contributed by atoms with E-state index in [1.165, 1.54) is 10.9 Å². The lowest BCUT2D eigenvalue weighted by Gasteiger charge is -2.39. The molecule has 6 rings (SSSR count). The second-order valence-electron chi connectivity index (χ2n) is 11.5. The second kappa shape index (κ2) is 8.74. The summed E-state index contributed by atoms with van der Waals surface area (Å²) in [6.45, 7) is 6.35. The highest BCUT2D eigenvalue weighted by atomic mass is 16.3. The number of fused-ring (bicyclic) bond motifs is 3. The van der Waals surface area contributed by atoms with Gasteiger partial charge in [-0.15, -0.1) is 0 Å². The maximum absolute atomic E-state index is 13.8. The van der Waals surface area contributed by atoms with Crippen molar-refractivity contribution in [3.63, 3.8) is 0 Å². The van der Waals surface area contributed by atoms with Gasteiger partial charge in [-0.2, -0.15) is 0 Å². The van der Waals surface area contributed by atoms with Gasteiger partial charge in [0.1, 0.15) is 17.1 Å². The second-order valence-corrected chi connectivity index (χ2v) is 11.5. The molecular weight excluding hydrogens is 436 g/mol. The molecule has 2 atom stereocenters. The van der Waals surface area contributed by atoms with Crippen LogP contribution in [-0.4, -0.2) is 57.9 Å². The Labute approximate surface area is 207 Å². The van der Waals surface area contributed by atoms with Crippen LogP contribution in [0.5, 0.6) is 0 Å². The van der Waals surface area contributed by atoms with E-state index < -0.39 is 0 Å². The van der Waals surface area contributed by atoms with Crippen molar-refractivity contribution in [3.05, 3.63) is 59.4 Å². The first kappa shape index (κ1) is 22.7. The number of furan rings is 1. The number of piperidine rings is 2. The van der Waals surface area contributed by atoms with Crippen LogP contribution in [0.25, 0.3) is 11.0 Å². The number of rotatable bonds is 4. The van der Waals surface area contributed by atoms with Gasteiger partial charge in [0.05, 0.1) is 6.26 Å². The van der Waals surface area contributed by atoms with Gasteiger partial charge in [-0.3, -0.25) is 4.79 Å². The average Bonchev–Trinajstić information content (AvgIpc) is 3.43. The third kappa shape index (κ3) is 4.16. The van der Waals surface area contributed by atoms with E-state index in [1.807, 2.05) is 19.1 Å². The number of aryl methyl sites for hydroxylation is 1. The summed E-state index contributed by atoms with van der Waals surface area (Å²) in [5, 5.41) is 1.23. The fourth-order valence-corrected chi connectivity index (χ4v) is 6.75. The molecule has 5 heterocycles. The number of benzene rings is 1. The van der Waals surface area contributed by atoms with Gasteiger partial charge in [0, 0.05) is 28.6 Å². The maximum atomic E-state index is 13.8. The third-order valence-electron chi connectivity index (χ3n) is 8.86. The predicted molar refractivity (Wildman–Crippen MR) is 136 cm³/mol. The number of amides is 1. The number of likely N-dealkylation sites (tertiary alicyclic amines) is 1. The highest BCUT2D eigenvalue weighted by molar-refractivity contribution is 5.93. The highest BCUT2D eigenvalue weighted by Gasteiger charge is 2.44. The molecule has 3 fully saturated rings. The Hall–Kier alpha value is -2.73. The minimum absolute atomic E-state index is 0.0619. The lowest BCUT2D eigenvalue weighted by Crippen LogP contribution is -2.47. The quantitative estimate of drug-likeness (QED) is 0.526. The van der Waals surface area contributed by atoms with Crippen LogP contribution in [0.15, 0.2) is 41.0 Å². The van der Waals surface area contributed by atoms with E-state index in [9.17, 15) is 4.79 Å². The van der Waals surface area contributed by atoms with Crippen LogP contribution in [0, 0.1) is 12.8 Å². The van der Waals surface area contributed by atoms with E-state index in [-0.39, 0.29) is 11.3 Å². The zero-order chi connectivity index (χ0) is 24.2. The minimum atomic E-state index is -0.0619. The number of carbonyl (C=O) groups is 1. The van der Waals surface area contributed by atoms with Gasteiger partial charge in [0.15, 0.2) is 0 Å². The summed E-state index contributed by atoms with van der Waals surface area (Å²) in [5.41, 5.74) is 3.75.